The molecule has 11 heavy (non-hydrogen) atoms. The number of ketones is 1. The van der Waals surface area contributed by atoms with Gasteiger partial charge in [-0.15, -0.1) is 0 Å². The van der Waals surface area contributed by atoms with E-state index in [1.165, 1.54) is 0 Å². The first kappa shape index (κ1) is 10.4. The van der Waals surface area contributed by atoms with Gasteiger partial charge in [-0.1, -0.05) is 33.8 Å². The molecule has 0 N–H and O–H groups in total. The van der Waals surface area contributed by atoms with Gasteiger partial charge in [0.2, 0.25) is 0 Å². The maximum atomic E-state index is 11.3. The lowest BCUT2D eigenvalue weighted by atomic mass is 9.79. The molecule has 0 fully saturated rings. The number of hydrogen-bond donors (Lipinski definition) is 0. The molecular weight excluding hydrogens is 136 g/mol. The van der Waals surface area contributed by atoms with Crippen LogP contribution in [0.25, 0.3) is 0 Å². The molecule has 1 atom stereocenters. The maximum absolute atomic E-state index is 11.3. The number of hydrogen-bond acceptors (Lipinski definition) is 1. The van der Waals surface area contributed by atoms with Crippen LogP contribution in [0.1, 0.15) is 34.6 Å². The molecule has 0 saturated heterocycles. The van der Waals surface area contributed by atoms with E-state index in [0.717, 1.165) is 0 Å². The van der Waals surface area contributed by atoms with Crippen LogP contribution in [0.15, 0.2) is 12.2 Å². The molecule has 0 aliphatic carbocycles. The van der Waals surface area contributed by atoms with Gasteiger partial charge in [0.25, 0.3) is 0 Å². The summed E-state index contributed by atoms with van der Waals surface area (Å²) in [5.41, 5.74) is 0.0800. The topological polar surface area (TPSA) is 17.1 Å². The van der Waals surface area contributed by atoms with E-state index in [2.05, 4.69) is 20.8 Å². The molecular formula is C10H18O. The minimum absolute atomic E-state index is 0.0800. The summed E-state index contributed by atoms with van der Waals surface area (Å²) in [7, 11) is 0. The summed E-state index contributed by atoms with van der Waals surface area (Å²) in [6.45, 7) is 10.1. The van der Waals surface area contributed by atoms with Crippen molar-refractivity contribution >= 4 is 5.78 Å². The zero-order valence-electron chi connectivity index (χ0n) is 8.14. The van der Waals surface area contributed by atoms with Crippen molar-refractivity contribution < 1.29 is 4.79 Å². The molecule has 0 aromatic rings. The summed E-state index contributed by atoms with van der Waals surface area (Å²) in [6, 6.07) is 0. The van der Waals surface area contributed by atoms with Crippen LogP contribution in [-0.2, 0) is 4.79 Å². The molecule has 0 heterocycles. The van der Waals surface area contributed by atoms with Gasteiger partial charge in [0.15, 0.2) is 5.78 Å². The molecule has 64 valence electrons. The molecule has 0 aliphatic heterocycles. The quantitative estimate of drug-likeness (QED) is 0.559. The first-order chi connectivity index (χ1) is 4.89. The SMILES string of the molecule is C/C=C/C(=O)[C@H](C)C(C)(C)C. The highest BCUT2D eigenvalue weighted by atomic mass is 16.1. The van der Waals surface area contributed by atoms with E-state index in [-0.39, 0.29) is 17.1 Å². The van der Waals surface area contributed by atoms with Crippen molar-refractivity contribution in [3.05, 3.63) is 12.2 Å². The Kier molecular flexibility index (Phi) is 3.50. The summed E-state index contributed by atoms with van der Waals surface area (Å²) in [5, 5.41) is 0. The second-order valence-corrected chi connectivity index (χ2v) is 3.99. The normalized spacial score (nSPS) is 15.4. The van der Waals surface area contributed by atoms with Crippen LogP contribution in [0.3, 0.4) is 0 Å². The molecule has 0 rings (SSSR count). The number of allylic oxidation sites excluding steroid dienone is 2. The average Bonchev–Trinajstić information content (AvgIpc) is 1.85. The molecule has 0 bridgehead atoms. The highest BCUT2D eigenvalue weighted by Crippen LogP contribution is 2.26. The molecule has 1 heteroatoms. The highest BCUT2D eigenvalue weighted by Gasteiger charge is 2.24. The Morgan fingerprint density at radius 1 is 1.36 bits per heavy atom. The first-order valence-electron chi connectivity index (χ1n) is 4.06. The highest BCUT2D eigenvalue weighted by molar-refractivity contribution is 5.91. The Morgan fingerprint density at radius 3 is 2.09 bits per heavy atom. The van der Waals surface area contributed by atoms with Crippen molar-refractivity contribution in [1.29, 1.82) is 0 Å². The van der Waals surface area contributed by atoms with E-state index in [0.29, 0.717) is 0 Å². The zero-order valence-corrected chi connectivity index (χ0v) is 8.14. The predicted molar refractivity (Wildman–Crippen MR) is 48.4 cm³/mol. The standard InChI is InChI=1S/C10H18O/c1-6-7-9(11)8(2)10(3,4)5/h6-8H,1-5H3/b7-6+/t8-/m0/s1. The van der Waals surface area contributed by atoms with E-state index in [4.69, 9.17) is 0 Å². The molecule has 0 radical (unpaired) electrons. The summed E-state index contributed by atoms with van der Waals surface area (Å²) in [5.74, 6) is 0.332. The average molecular weight is 154 g/mol. The zero-order chi connectivity index (χ0) is 9.07. The molecule has 0 aliphatic rings. The third kappa shape index (κ3) is 3.35. The van der Waals surface area contributed by atoms with Crippen molar-refractivity contribution in [2.75, 3.05) is 0 Å². The fourth-order valence-electron chi connectivity index (χ4n) is 0.735. The van der Waals surface area contributed by atoms with Gasteiger partial charge < -0.3 is 0 Å². The third-order valence-electron chi connectivity index (χ3n) is 2.06. The lowest BCUT2D eigenvalue weighted by molar-refractivity contribution is -0.120. The lowest BCUT2D eigenvalue weighted by Crippen LogP contribution is -2.24. The summed E-state index contributed by atoms with van der Waals surface area (Å²) in [6.07, 6.45) is 3.44. The molecule has 1 nitrogen and oxygen atoms in total. The molecule has 0 saturated carbocycles. The van der Waals surface area contributed by atoms with Crippen LogP contribution in [0, 0.1) is 11.3 Å². The summed E-state index contributed by atoms with van der Waals surface area (Å²) in [4.78, 5) is 11.3. The van der Waals surface area contributed by atoms with Gasteiger partial charge in [-0.2, -0.15) is 0 Å². The Balaban J connectivity index is 4.26. The lowest BCUT2D eigenvalue weighted by Gasteiger charge is -2.24. The van der Waals surface area contributed by atoms with Crippen LogP contribution in [0.2, 0.25) is 0 Å². The smallest absolute Gasteiger partial charge is 0.158 e. The van der Waals surface area contributed by atoms with Gasteiger partial charge in [-0.3, -0.25) is 4.79 Å². The molecule has 0 aromatic carbocycles. The van der Waals surface area contributed by atoms with Crippen molar-refractivity contribution in [1.82, 2.24) is 0 Å². The van der Waals surface area contributed by atoms with Crippen molar-refractivity contribution in [2.45, 2.75) is 34.6 Å². The Labute approximate surface area is 69.5 Å². The van der Waals surface area contributed by atoms with Gasteiger partial charge in [0.1, 0.15) is 0 Å². The van der Waals surface area contributed by atoms with Crippen LogP contribution in [0.4, 0.5) is 0 Å². The minimum Gasteiger partial charge on any atom is -0.295 e. The number of rotatable bonds is 2. The molecule has 0 aromatic heterocycles. The molecule has 0 spiro atoms. The van der Waals surface area contributed by atoms with Gasteiger partial charge in [0.05, 0.1) is 0 Å². The minimum atomic E-state index is 0.0800. The Hall–Kier alpha value is -0.590. The first-order valence-corrected chi connectivity index (χ1v) is 4.06. The van der Waals surface area contributed by atoms with Crippen molar-refractivity contribution in [3.8, 4) is 0 Å². The van der Waals surface area contributed by atoms with Crippen molar-refractivity contribution in [2.24, 2.45) is 11.3 Å². The Bertz CT molecular complexity index is 160. The predicted octanol–water partition coefficient (Wildman–Crippen LogP) is 2.81. The van der Waals surface area contributed by atoms with Crippen LogP contribution >= 0.6 is 0 Å². The fraction of sp³-hybridized carbons (Fsp3) is 0.700. The van der Waals surface area contributed by atoms with Crippen LogP contribution < -0.4 is 0 Å². The molecule has 0 amide bonds. The Morgan fingerprint density at radius 2 is 1.82 bits per heavy atom. The fourth-order valence-corrected chi connectivity index (χ4v) is 0.735. The van der Waals surface area contributed by atoms with Gasteiger partial charge >= 0.3 is 0 Å². The van der Waals surface area contributed by atoms with E-state index >= 15 is 0 Å². The van der Waals surface area contributed by atoms with E-state index < -0.39 is 0 Å². The van der Waals surface area contributed by atoms with E-state index in [1.54, 1.807) is 12.2 Å². The van der Waals surface area contributed by atoms with Crippen LogP contribution in [0.5, 0.6) is 0 Å². The van der Waals surface area contributed by atoms with Crippen LogP contribution in [-0.4, -0.2) is 5.78 Å². The number of carbonyl (C=O) groups is 1. The second kappa shape index (κ2) is 3.70. The van der Waals surface area contributed by atoms with E-state index in [1.807, 2.05) is 13.8 Å². The third-order valence-corrected chi connectivity index (χ3v) is 2.06. The van der Waals surface area contributed by atoms with Gasteiger partial charge in [-0.25, -0.2) is 0 Å². The maximum Gasteiger partial charge on any atom is 0.158 e. The summed E-state index contributed by atoms with van der Waals surface area (Å²) < 4.78 is 0. The number of carbonyl (C=O) groups excluding carboxylic acids is 1. The van der Waals surface area contributed by atoms with Gasteiger partial charge in [-0.05, 0) is 18.4 Å². The van der Waals surface area contributed by atoms with Crippen molar-refractivity contribution in [3.63, 3.8) is 0 Å². The second-order valence-electron chi connectivity index (χ2n) is 3.99. The monoisotopic (exact) mass is 154 g/mol. The van der Waals surface area contributed by atoms with E-state index in [9.17, 15) is 4.79 Å². The summed E-state index contributed by atoms with van der Waals surface area (Å²) >= 11 is 0. The molecule has 0 unspecified atom stereocenters. The largest absolute Gasteiger partial charge is 0.295 e. The van der Waals surface area contributed by atoms with Gasteiger partial charge in [0, 0.05) is 5.92 Å².